The number of carbonyl (C=O) groups is 2. The normalized spacial score (nSPS) is 23.4. The van der Waals surface area contributed by atoms with Crippen LogP contribution in [0.4, 0.5) is 26.3 Å². The number of likely N-dealkylation sites (tertiary alicyclic amines) is 1. The number of halogens is 6. The van der Waals surface area contributed by atoms with Crippen LogP contribution < -0.4 is 5.32 Å². The number of amides is 2. The van der Waals surface area contributed by atoms with Gasteiger partial charge in [-0.1, -0.05) is 0 Å². The van der Waals surface area contributed by atoms with Crippen molar-refractivity contribution in [2.75, 3.05) is 6.54 Å². The Kier molecular flexibility index (Phi) is 6.21. The van der Waals surface area contributed by atoms with Crippen molar-refractivity contribution in [2.24, 2.45) is 5.41 Å². The molecule has 1 aromatic carbocycles. The highest BCUT2D eigenvalue weighted by molar-refractivity contribution is 7.92. The van der Waals surface area contributed by atoms with E-state index >= 15 is 0 Å². The molecule has 40 heavy (non-hydrogen) atoms. The molecular formula is C23H20F6N6O4S. The quantitative estimate of drug-likeness (QED) is 0.511. The molecule has 10 nitrogen and oxygen atoms in total. The number of sulfone groups is 1. The fourth-order valence-electron chi connectivity index (χ4n) is 4.86. The van der Waals surface area contributed by atoms with Crippen LogP contribution in [0.2, 0.25) is 0 Å². The van der Waals surface area contributed by atoms with Gasteiger partial charge in [0.1, 0.15) is 17.0 Å². The third-order valence-electron chi connectivity index (χ3n) is 7.52. The molecular weight excluding hydrogens is 570 g/mol. The SMILES string of the molecule is N#CC1(NC(=O)[C@@H]2C[C@@H](S(=O)(=O)c3ccc(-n4nccn4)cc3C(F)(F)F)CN2C(=O)C2(C(F)(F)F)CC2)CC1. The van der Waals surface area contributed by atoms with Crippen molar-refractivity contribution in [2.45, 2.75) is 66.2 Å². The van der Waals surface area contributed by atoms with Gasteiger partial charge >= 0.3 is 12.4 Å². The Morgan fingerprint density at radius 1 is 1.05 bits per heavy atom. The standard InChI is InChI=1S/C23H20F6N6O4S/c24-22(25,26)15-9-13(35-31-7-8-32-35)1-2-17(15)40(38,39)14-10-16(18(36)33-20(12-30)3-4-20)34(11-14)19(37)21(5-6-21)23(27,28)29/h1-2,7-9,14,16H,3-6,10-11H2,(H,33,36)/t14-,16+/m1/s1. The van der Waals surface area contributed by atoms with Gasteiger partial charge in [0.15, 0.2) is 9.84 Å². The smallest absolute Gasteiger partial charge is 0.336 e. The molecule has 17 heteroatoms. The molecule has 0 bridgehead atoms. The lowest BCUT2D eigenvalue weighted by molar-refractivity contribution is -0.199. The van der Waals surface area contributed by atoms with E-state index in [1.807, 2.05) is 6.07 Å². The number of nitriles is 1. The summed E-state index contributed by atoms with van der Waals surface area (Å²) in [6.07, 6.45) is -9.16. The Morgan fingerprint density at radius 3 is 2.17 bits per heavy atom. The summed E-state index contributed by atoms with van der Waals surface area (Å²) in [5.41, 5.74) is -5.86. The van der Waals surface area contributed by atoms with Crippen LogP contribution >= 0.6 is 0 Å². The molecule has 1 N–H and O–H groups in total. The zero-order valence-electron chi connectivity index (χ0n) is 20.3. The lowest BCUT2D eigenvalue weighted by Crippen LogP contribution is -2.53. The molecule has 2 aliphatic carbocycles. The second-order valence-electron chi connectivity index (χ2n) is 10.1. The van der Waals surface area contributed by atoms with E-state index in [4.69, 9.17) is 0 Å². The summed E-state index contributed by atoms with van der Waals surface area (Å²) >= 11 is 0. The van der Waals surface area contributed by atoms with Crippen molar-refractivity contribution in [3.05, 3.63) is 36.2 Å². The summed E-state index contributed by atoms with van der Waals surface area (Å²) in [6, 6.07) is 2.34. The average Bonchev–Trinajstić information content (AvgIpc) is 3.73. The molecule has 2 aromatic rings. The van der Waals surface area contributed by atoms with Gasteiger partial charge < -0.3 is 10.2 Å². The summed E-state index contributed by atoms with van der Waals surface area (Å²) in [7, 11) is -4.96. The molecule has 2 saturated carbocycles. The molecule has 0 unspecified atom stereocenters. The average molecular weight is 591 g/mol. The topological polar surface area (TPSA) is 138 Å². The van der Waals surface area contributed by atoms with Crippen molar-refractivity contribution in [1.82, 2.24) is 25.2 Å². The second kappa shape index (κ2) is 8.91. The van der Waals surface area contributed by atoms with E-state index in [9.17, 15) is 49.6 Å². The van der Waals surface area contributed by atoms with Crippen molar-refractivity contribution in [3.8, 4) is 11.8 Å². The highest BCUT2D eigenvalue weighted by atomic mass is 32.2. The van der Waals surface area contributed by atoms with Gasteiger partial charge in [0.2, 0.25) is 11.8 Å². The number of nitrogens with zero attached hydrogens (tertiary/aromatic N) is 5. The Morgan fingerprint density at radius 2 is 1.68 bits per heavy atom. The minimum Gasteiger partial charge on any atom is -0.336 e. The van der Waals surface area contributed by atoms with E-state index in [0.717, 1.165) is 10.9 Å². The maximum Gasteiger partial charge on any atom is 0.417 e. The molecule has 1 saturated heterocycles. The van der Waals surface area contributed by atoms with Gasteiger partial charge in [-0.3, -0.25) is 9.59 Å². The first-order valence-corrected chi connectivity index (χ1v) is 13.5. The number of carbonyl (C=O) groups excluding carboxylic acids is 2. The lowest BCUT2D eigenvalue weighted by atomic mass is 10.0. The van der Waals surface area contributed by atoms with Crippen molar-refractivity contribution in [3.63, 3.8) is 0 Å². The molecule has 1 aliphatic heterocycles. The molecule has 1 aromatic heterocycles. The maximum absolute atomic E-state index is 14.0. The minimum atomic E-state index is -5.17. The Labute approximate surface area is 222 Å². The first kappa shape index (κ1) is 27.9. The summed E-state index contributed by atoms with van der Waals surface area (Å²) < 4.78 is 110. The molecule has 3 aliphatic rings. The van der Waals surface area contributed by atoms with Crippen molar-refractivity contribution >= 4 is 21.7 Å². The molecule has 3 fully saturated rings. The Bertz CT molecular complexity index is 1510. The predicted octanol–water partition coefficient (Wildman–Crippen LogP) is 2.54. The van der Waals surface area contributed by atoms with Crippen LogP contribution in [0.15, 0.2) is 35.5 Å². The summed E-state index contributed by atoms with van der Waals surface area (Å²) in [6.45, 7) is -0.934. The first-order chi connectivity index (χ1) is 18.5. The first-order valence-electron chi connectivity index (χ1n) is 12.0. The fourth-order valence-corrected chi connectivity index (χ4v) is 6.75. The molecule has 2 amide bonds. The summed E-state index contributed by atoms with van der Waals surface area (Å²) in [5.74, 6) is -2.56. The molecule has 0 spiro atoms. The van der Waals surface area contributed by atoms with Crippen LogP contribution in [0.25, 0.3) is 5.69 Å². The van der Waals surface area contributed by atoms with Crippen LogP contribution in [-0.2, 0) is 25.6 Å². The van der Waals surface area contributed by atoms with Crippen LogP contribution in [-0.4, -0.2) is 69.7 Å². The largest absolute Gasteiger partial charge is 0.417 e. The molecule has 2 heterocycles. The highest BCUT2D eigenvalue weighted by Gasteiger charge is 2.70. The summed E-state index contributed by atoms with van der Waals surface area (Å²) in [4.78, 5) is 26.3. The number of hydrogen-bond acceptors (Lipinski definition) is 7. The number of benzene rings is 1. The monoisotopic (exact) mass is 590 g/mol. The van der Waals surface area contributed by atoms with E-state index < -0.39 is 92.5 Å². The third kappa shape index (κ3) is 4.57. The highest BCUT2D eigenvalue weighted by Crippen LogP contribution is 2.59. The van der Waals surface area contributed by atoms with Gasteiger partial charge in [-0.2, -0.15) is 46.6 Å². The number of rotatable bonds is 6. The zero-order chi connectivity index (χ0) is 29.3. The Balaban J connectivity index is 1.52. The number of aromatic nitrogens is 3. The lowest BCUT2D eigenvalue weighted by Gasteiger charge is -2.29. The van der Waals surface area contributed by atoms with Gasteiger partial charge in [0.25, 0.3) is 0 Å². The van der Waals surface area contributed by atoms with Gasteiger partial charge in [-0.25, -0.2) is 8.42 Å². The van der Waals surface area contributed by atoms with Gasteiger partial charge in [-0.15, -0.1) is 0 Å². The van der Waals surface area contributed by atoms with E-state index in [1.165, 1.54) is 12.4 Å². The molecule has 5 rings (SSSR count). The van der Waals surface area contributed by atoms with E-state index in [2.05, 4.69) is 15.5 Å². The van der Waals surface area contributed by atoms with Crippen LogP contribution in [0.1, 0.15) is 37.7 Å². The van der Waals surface area contributed by atoms with E-state index in [-0.39, 0.29) is 18.5 Å². The van der Waals surface area contributed by atoms with E-state index in [1.54, 1.807) is 0 Å². The number of alkyl halides is 6. The fraction of sp³-hybridized carbons (Fsp3) is 0.522. The van der Waals surface area contributed by atoms with Crippen LogP contribution in [0.3, 0.4) is 0 Å². The van der Waals surface area contributed by atoms with Crippen LogP contribution in [0.5, 0.6) is 0 Å². The van der Waals surface area contributed by atoms with Crippen molar-refractivity contribution in [1.29, 1.82) is 5.26 Å². The zero-order valence-corrected chi connectivity index (χ0v) is 21.1. The predicted molar refractivity (Wildman–Crippen MR) is 121 cm³/mol. The van der Waals surface area contributed by atoms with Gasteiger partial charge in [-0.05, 0) is 50.3 Å². The molecule has 0 radical (unpaired) electrons. The van der Waals surface area contributed by atoms with E-state index in [0.29, 0.717) is 17.0 Å². The molecule has 2 atom stereocenters. The molecule has 214 valence electrons. The Hall–Kier alpha value is -3.68. The van der Waals surface area contributed by atoms with Crippen LogP contribution in [0, 0.1) is 16.7 Å². The second-order valence-corrected chi connectivity index (χ2v) is 12.3. The summed E-state index contributed by atoms with van der Waals surface area (Å²) in [5, 5.41) is 17.2. The van der Waals surface area contributed by atoms with Gasteiger partial charge in [0, 0.05) is 6.54 Å². The maximum atomic E-state index is 14.0. The minimum absolute atomic E-state index is 0.205. The number of nitrogens with one attached hydrogen (secondary N) is 1. The van der Waals surface area contributed by atoms with Crippen molar-refractivity contribution < 1.29 is 44.3 Å². The number of hydrogen-bond donors (Lipinski definition) is 1. The van der Waals surface area contributed by atoms with Gasteiger partial charge in [0.05, 0.1) is 39.9 Å². The third-order valence-corrected chi connectivity index (χ3v) is 9.71.